The molecule has 1 heteroatoms. The Morgan fingerprint density at radius 3 is 2.25 bits per heavy atom. The van der Waals surface area contributed by atoms with Crippen molar-refractivity contribution < 1.29 is 0 Å². The van der Waals surface area contributed by atoms with E-state index >= 15 is 0 Å². The summed E-state index contributed by atoms with van der Waals surface area (Å²) in [6.45, 7) is 2.12. The van der Waals surface area contributed by atoms with Gasteiger partial charge in [0.2, 0.25) is 0 Å². The Hall–Kier alpha value is -0.750. The minimum Gasteiger partial charge on any atom is -0.0908 e. The van der Waals surface area contributed by atoms with Gasteiger partial charge in [0.05, 0.1) is 0 Å². The zero-order valence-corrected chi connectivity index (χ0v) is 10.6. The normalized spacial score (nSPS) is 20.1. The summed E-state index contributed by atoms with van der Waals surface area (Å²) in [6.07, 6.45) is 11.2. The van der Waals surface area contributed by atoms with Gasteiger partial charge in [0.25, 0.3) is 0 Å². The zero-order chi connectivity index (χ0) is 11.4. The number of rotatable bonds is 2. The molecular weight excluding hydrogens is 216 g/mol. The van der Waals surface area contributed by atoms with E-state index in [1.807, 2.05) is 12.1 Å². The molecule has 0 aromatic heterocycles. The maximum Gasteiger partial charge on any atom is 0.0406 e. The van der Waals surface area contributed by atoms with Crippen LogP contribution in [0.1, 0.15) is 44.6 Å². The summed E-state index contributed by atoms with van der Waals surface area (Å²) in [5.41, 5.74) is 1.70. The summed E-state index contributed by atoms with van der Waals surface area (Å²) in [6, 6.07) is 8.40. The van der Waals surface area contributed by atoms with Gasteiger partial charge in [-0.05, 0) is 37.5 Å². The summed E-state index contributed by atoms with van der Waals surface area (Å²) in [4.78, 5) is 0. The molecular formula is C15H19Cl. The Kier molecular flexibility index (Phi) is 3.70. The lowest BCUT2D eigenvalue weighted by Gasteiger charge is -2.35. The molecule has 0 unspecified atom stereocenters. The van der Waals surface area contributed by atoms with Gasteiger partial charge in [-0.25, -0.2) is 0 Å². The molecule has 1 saturated carbocycles. The number of hydrogen-bond acceptors (Lipinski definition) is 0. The third-order valence-electron chi connectivity index (χ3n) is 3.65. The van der Waals surface area contributed by atoms with Crippen LogP contribution in [0.25, 0.3) is 0 Å². The second-order valence-electron chi connectivity index (χ2n) is 4.72. The first-order valence-corrected chi connectivity index (χ1v) is 6.54. The van der Waals surface area contributed by atoms with Crippen LogP contribution in [0.2, 0.25) is 5.02 Å². The van der Waals surface area contributed by atoms with E-state index in [0.29, 0.717) is 0 Å². The molecule has 0 radical (unpaired) electrons. The molecule has 86 valence electrons. The summed E-state index contributed by atoms with van der Waals surface area (Å²) in [5, 5.41) is 0.829. The van der Waals surface area contributed by atoms with Crippen LogP contribution in [0, 0.1) is 0 Å². The number of halogens is 1. The molecule has 2 rings (SSSR count). The van der Waals surface area contributed by atoms with Crippen molar-refractivity contribution >= 4 is 11.6 Å². The van der Waals surface area contributed by atoms with E-state index in [0.717, 1.165) is 5.02 Å². The molecule has 0 atom stereocenters. The second kappa shape index (κ2) is 5.05. The first kappa shape index (κ1) is 11.7. The number of benzene rings is 1. The van der Waals surface area contributed by atoms with E-state index < -0.39 is 0 Å². The summed E-state index contributed by atoms with van der Waals surface area (Å²) in [7, 11) is 0. The van der Waals surface area contributed by atoms with E-state index in [-0.39, 0.29) is 5.41 Å². The fraction of sp³-hybridized carbons (Fsp3) is 0.467. The van der Waals surface area contributed by atoms with Crippen molar-refractivity contribution in [2.75, 3.05) is 0 Å². The fourth-order valence-corrected chi connectivity index (χ4v) is 2.96. The van der Waals surface area contributed by atoms with Crippen molar-refractivity contribution in [3.63, 3.8) is 0 Å². The molecule has 1 aromatic rings. The molecule has 0 heterocycles. The molecule has 0 saturated heterocycles. The summed E-state index contributed by atoms with van der Waals surface area (Å²) >= 11 is 5.96. The van der Waals surface area contributed by atoms with E-state index in [9.17, 15) is 0 Å². The SMILES string of the molecule is C/C=C/C1(c2ccc(Cl)cc2)CCCCC1. The molecule has 1 fully saturated rings. The van der Waals surface area contributed by atoms with E-state index in [1.165, 1.54) is 37.7 Å². The van der Waals surface area contributed by atoms with Gasteiger partial charge in [-0.1, -0.05) is 55.1 Å². The van der Waals surface area contributed by atoms with Crippen molar-refractivity contribution in [1.29, 1.82) is 0 Å². The quantitative estimate of drug-likeness (QED) is 0.624. The summed E-state index contributed by atoms with van der Waals surface area (Å²) < 4.78 is 0. The zero-order valence-electron chi connectivity index (χ0n) is 9.88. The maximum absolute atomic E-state index is 5.96. The van der Waals surface area contributed by atoms with E-state index in [4.69, 9.17) is 11.6 Å². The van der Waals surface area contributed by atoms with Crippen molar-refractivity contribution in [1.82, 2.24) is 0 Å². The molecule has 0 spiro atoms. The number of hydrogen-bond donors (Lipinski definition) is 0. The summed E-state index contributed by atoms with van der Waals surface area (Å²) in [5.74, 6) is 0. The van der Waals surface area contributed by atoms with Gasteiger partial charge in [0.15, 0.2) is 0 Å². The third kappa shape index (κ3) is 2.32. The van der Waals surface area contributed by atoms with Gasteiger partial charge in [-0.2, -0.15) is 0 Å². The van der Waals surface area contributed by atoms with Crippen LogP contribution in [0.3, 0.4) is 0 Å². The van der Waals surface area contributed by atoms with Gasteiger partial charge in [-0.3, -0.25) is 0 Å². The third-order valence-corrected chi connectivity index (χ3v) is 3.90. The molecule has 0 nitrogen and oxygen atoms in total. The minimum absolute atomic E-state index is 0.275. The second-order valence-corrected chi connectivity index (χ2v) is 5.16. The molecule has 1 aromatic carbocycles. The molecule has 0 bridgehead atoms. The monoisotopic (exact) mass is 234 g/mol. The lowest BCUT2D eigenvalue weighted by Crippen LogP contribution is -2.26. The average molecular weight is 235 g/mol. The van der Waals surface area contributed by atoms with Crippen LogP contribution < -0.4 is 0 Å². The minimum atomic E-state index is 0.275. The van der Waals surface area contributed by atoms with Gasteiger partial charge in [-0.15, -0.1) is 0 Å². The van der Waals surface area contributed by atoms with Crippen LogP contribution in [-0.2, 0) is 5.41 Å². The van der Waals surface area contributed by atoms with Crippen LogP contribution in [0.5, 0.6) is 0 Å². The first-order valence-electron chi connectivity index (χ1n) is 6.17. The first-order chi connectivity index (χ1) is 7.77. The fourth-order valence-electron chi connectivity index (χ4n) is 2.84. The van der Waals surface area contributed by atoms with Crippen molar-refractivity contribution in [3.8, 4) is 0 Å². The van der Waals surface area contributed by atoms with Gasteiger partial charge < -0.3 is 0 Å². The molecule has 16 heavy (non-hydrogen) atoms. The lowest BCUT2D eigenvalue weighted by molar-refractivity contribution is 0.357. The predicted octanol–water partition coefficient (Wildman–Crippen LogP) is 5.12. The van der Waals surface area contributed by atoms with Crippen LogP contribution in [0.15, 0.2) is 36.4 Å². The molecule has 0 N–H and O–H groups in total. The Bertz CT molecular complexity index is 356. The molecule has 0 amide bonds. The lowest BCUT2D eigenvalue weighted by atomic mass is 9.69. The Labute approximate surface area is 103 Å². The van der Waals surface area contributed by atoms with E-state index in [2.05, 4.69) is 31.2 Å². The topological polar surface area (TPSA) is 0 Å². The number of allylic oxidation sites excluding steroid dienone is 2. The van der Waals surface area contributed by atoms with Crippen LogP contribution >= 0.6 is 11.6 Å². The predicted molar refractivity (Wildman–Crippen MR) is 71.0 cm³/mol. The molecule has 0 aliphatic heterocycles. The maximum atomic E-state index is 5.96. The Morgan fingerprint density at radius 2 is 1.69 bits per heavy atom. The average Bonchev–Trinajstić information content (AvgIpc) is 2.31. The molecule has 1 aliphatic rings. The Balaban J connectivity index is 2.34. The molecule has 1 aliphatic carbocycles. The Morgan fingerprint density at radius 1 is 1.06 bits per heavy atom. The highest BCUT2D eigenvalue weighted by atomic mass is 35.5. The highest BCUT2D eigenvalue weighted by Crippen LogP contribution is 2.40. The van der Waals surface area contributed by atoms with Crippen LogP contribution in [0.4, 0.5) is 0 Å². The van der Waals surface area contributed by atoms with Gasteiger partial charge in [0, 0.05) is 10.4 Å². The van der Waals surface area contributed by atoms with Crippen molar-refractivity contribution in [2.45, 2.75) is 44.4 Å². The van der Waals surface area contributed by atoms with Gasteiger partial charge in [0.1, 0.15) is 0 Å². The van der Waals surface area contributed by atoms with E-state index in [1.54, 1.807) is 0 Å². The van der Waals surface area contributed by atoms with Crippen LogP contribution in [-0.4, -0.2) is 0 Å². The highest BCUT2D eigenvalue weighted by Gasteiger charge is 2.30. The highest BCUT2D eigenvalue weighted by molar-refractivity contribution is 6.30. The van der Waals surface area contributed by atoms with Crippen molar-refractivity contribution in [2.24, 2.45) is 0 Å². The smallest absolute Gasteiger partial charge is 0.0406 e. The standard InChI is InChI=1S/C15H19Cl/c1-2-10-15(11-4-3-5-12-15)13-6-8-14(16)9-7-13/h2,6-10H,3-5,11-12H2,1H3/b10-2+. The largest absolute Gasteiger partial charge is 0.0908 e. The van der Waals surface area contributed by atoms with Crippen molar-refractivity contribution in [3.05, 3.63) is 47.0 Å². The van der Waals surface area contributed by atoms with Gasteiger partial charge >= 0.3 is 0 Å².